The molecule has 2 rings (SSSR count). The first-order valence-electron chi connectivity index (χ1n) is 7.36. The van der Waals surface area contributed by atoms with Gasteiger partial charge in [-0.15, -0.1) is 23.5 Å². The lowest BCUT2D eigenvalue weighted by atomic mass is 10.1. The third-order valence-electron chi connectivity index (χ3n) is 3.47. The normalized spacial score (nSPS) is 16.1. The molecule has 0 saturated carbocycles. The van der Waals surface area contributed by atoms with Crippen molar-refractivity contribution < 1.29 is 14.3 Å². The average molecular weight is 372 g/mol. The average Bonchev–Trinajstić information content (AvgIpc) is 3.12. The number of ether oxygens (including phenoxy) is 1. The molecule has 0 radical (unpaired) electrons. The third-order valence-corrected chi connectivity index (χ3v) is 7.22. The van der Waals surface area contributed by atoms with Gasteiger partial charge in [0.25, 0.3) is 5.91 Å². The van der Waals surface area contributed by atoms with Crippen molar-refractivity contribution in [1.82, 2.24) is 5.32 Å². The fourth-order valence-electron chi connectivity index (χ4n) is 2.21. The monoisotopic (exact) mass is 371 g/mol. The van der Waals surface area contributed by atoms with E-state index in [9.17, 15) is 9.59 Å². The van der Waals surface area contributed by atoms with E-state index in [2.05, 4.69) is 5.32 Å². The second-order valence-corrected chi connectivity index (χ2v) is 8.74. The van der Waals surface area contributed by atoms with Crippen LogP contribution in [-0.2, 0) is 9.53 Å². The minimum Gasteiger partial charge on any atom is -0.467 e. The number of nitrogens with one attached hydrogen (secondary N) is 1. The molecule has 4 nitrogen and oxygen atoms in total. The number of carbonyl (C=O) groups is 2. The Morgan fingerprint density at radius 3 is 2.52 bits per heavy atom. The number of esters is 1. The van der Waals surface area contributed by atoms with Crippen LogP contribution in [0.1, 0.15) is 26.9 Å². The number of hydrogen-bond donors (Lipinski definition) is 1. The highest BCUT2D eigenvalue weighted by Crippen LogP contribution is 2.45. The topological polar surface area (TPSA) is 55.4 Å². The van der Waals surface area contributed by atoms with Crippen LogP contribution in [0.5, 0.6) is 0 Å². The van der Waals surface area contributed by atoms with Crippen LogP contribution in [-0.4, -0.2) is 48.5 Å². The first-order valence-corrected chi connectivity index (χ1v) is 10.9. The number of benzene rings is 1. The molecule has 0 aliphatic carbocycles. The van der Waals surface area contributed by atoms with Crippen molar-refractivity contribution in [2.75, 3.05) is 30.6 Å². The maximum Gasteiger partial charge on any atom is 0.328 e. The van der Waals surface area contributed by atoms with E-state index in [1.807, 2.05) is 54.0 Å². The van der Waals surface area contributed by atoms with Gasteiger partial charge in [-0.1, -0.05) is 12.1 Å². The molecule has 1 aliphatic rings. The van der Waals surface area contributed by atoms with Gasteiger partial charge in [0.05, 0.1) is 11.7 Å². The molecular weight excluding hydrogens is 350 g/mol. The van der Waals surface area contributed by atoms with Crippen LogP contribution in [0, 0.1) is 0 Å². The van der Waals surface area contributed by atoms with E-state index in [1.165, 1.54) is 24.2 Å². The number of amides is 1. The molecule has 23 heavy (non-hydrogen) atoms. The van der Waals surface area contributed by atoms with Crippen LogP contribution in [0.3, 0.4) is 0 Å². The minimum atomic E-state index is -0.597. The number of rotatable bonds is 7. The molecule has 0 spiro atoms. The second-order valence-electron chi connectivity index (χ2n) is 5.03. The molecule has 1 saturated heterocycles. The second kappa shape index (κ2) is 9.49. The molecule has 1 amide bonds. The largest absolute Gasteiger partial charge is 0.467 e. The Balaban J connectivity index is 1.98. The van der Waals surface area contributed by atoms with Crippen LogP contribution in [0.15, 0.2) is 24.3 Å². The maximum absolute atomic E-state index is 12.3. The molecule has 1 aromatic carbocycles. The van der Waals surface area contributed by atoms with Crippen molar-refractivity contribution in [2.24, 2.45) is 0 Å². The molecule has 1 aliphatic heterocycles. The smallest absolute Gasteiger partial charge is 0.328 e. The fourth-order valence-corrected chi connectivity index (χ4v) is 5.54. The van der Waals surface area contributed by atoms with Crippen molar-refractivity contribution in [3.63, 3.8) is 0 Å². The van der Waals surface area contributed by atoms with Gasteiger partial charge >= 0.3 is 5.97 Å². The van der Waals surface area contributed by atoms with Gasteiger partial charge in [-0.05, 0) is 36.1 Å². The highest BCUT2D eigenvalue weighted by atomic mass is 32.2. The van der Waals surface area contributed by atoms with Crippen molar-refractivity contribution >= 4 is 47.2 Å². The third kappa shape index (κ3) is 5.36. The summed E-state index contributed by atoms with van der Waals surface area (Å²) in [4.78, 5) is 24.1. The molecule has 1 fully saturated rings. The Bertz CT molecular complexity index is 530. The summed E-state index contributed by atoms with van der Waals surface area (Å²) in [5, 5.41) is 2.77. The molecular formula is C16H21NO3S3. The summed E-state index contributed by atoms with van der Waals surface area (Å²) in [6, 6.07) is 7.06. The zero-order valence-corrected chi connectivity index (χ0v) is 15.7. The van der Waals surface area contributed by atoms with E-state index in [0.717, 1.165) is 5.75 Å². The Labute approximate surface area is 149 Å². The van der Waals surface area contributed by atoms with E-state index in [1.54, 1.807) is 11.8 Å². The zero-order valence-electron chi connectivity index (χ0n) is 13.2. The predicted molar refractivity (Wildman–Crippen MR) is 100 cm³/mol. The van der Waals surface area contributed by atoms with Gasteiger partial charge in [0, 0.05) is 17.1 Å². The van der Waals surface area contributed by atoms with Gasteiger partial charge < -0.3 is 10.1 Å². The number of methoxy groups -OCH3 is 1. The Hall–Kier alpha value is -0.790. The van der Waals surface area contributed by atoms with E-state index >= 15 is 0 Å². The summed E-state index contributed by atoms with van der Waals surface area (Å²) in [5.74, 6) is 2.50. The number of thioether (sulfide) groups is 3. The molecule has 7 heteroatoms. The van der Waals surface area contributed by atoms with E-state index in [-0.39, 0.29) is 5.91 Å². The summed E-state index contributed by atoms with van der Waals surface area (Å²) >= 11 is 5.50. The highest BCUT2D eigenvalue weighted by molar-refractivity contribution is 8.19. The van der Waals surface area contributed by atoms with E-state index < -0.39 is 12.0 Å². The molecule has 1 atom stereocenters. The molecule has 0 bridgehead atoms. The molecule has 1 N–H and O–H groups in total. The van der Waals surface area contributed by atoms with Crippen molar-refractivity contribution in [2.45, 2.75) is 17.0 Å². The lowest BCUT2D eigenvalue weighted by Gasteiger charge is -2.16. The first kappa shape index (κ1) is 18.5. The fraction of sp³-hybridized carbons (Fsp3) is 0.500. The van der Waals surface area contributed by atoms with Crippen molar-refractivity contribution in [1.29, 1.82) is 0 Å². The highest BCUT2D eigenvalue weighted by Gasteiger charge is 2.22. The van der Waals surface area contributed by atoms with Crippen molar-refractivity contribution in [3.05, 3.63) is 35.4 Å². The Morgan fingerprint density at radius 2 is 1.96 bits per heavy atom. The SMILES string of the molecule is COC(=O)[C@H](CCSC)NC(=O)c1ccc(C2SCCS2)cc1. The minimum absolute atomic E-state index is 0.236. The molecule has 0 unspecified atom stereocenters. The lowest BCUT2D eigenvalue weighted by molar-refractivity contribution is -0.142. The summed E-state index contributed by atoms with van der Waals surface area (Å²) < 4.78 is 5.23. The van der Waals surface area contributed by atoms with E-state index in [0.29, 0.717) is 16.6 Å². The molecule has 1 heterocycles. The van der Waals surface area contributed by atoms with Gasteiger partial charge in [0.2, 0.25) is 0 Å². The summed E-state index contributed by atoms with van der Waals surface area (Å²) in [7, 11) is 1.34. The van der Waals surface area contributed by atoms with Crippen LogP contribution in [0.4, 0.5) is 0 Å². The summed E-state index contributed by atoms with van der Waals surface area (Å²) in [5.41, 5.74) is 1.81. The quantitative estimate of drug-likeness (QED) is 0.743. The van der Waals surface area contributed by atoms with Gasteiger partial charge in [0.1, 0.15) is 6.04 Å². The van der Waals surface area contributed by atoms with Crippen LogP contribution < -0.4 is 5.32 Å². The van der Waals surface area contributed by atoms with Gasteiger partial charge in [-0.3, -0.25) is 4.79 Å². The first-order chi connectivity index (χ1) is 11.2. The summed E-state index contributed by atoms with van der Waals surface area (Å²) in [6.07, 6.45) is 2.53. The lowest BCUT2D eigenvalue weighted by Crippen LogP contribution is -2.41. The zero-order chi connectivity index (χ0) is 16.7. The number of carbonyl (C=O) groups excluding carboxylic acids is 2. The molecule has 0 aromatic heterocycles. The van der Waals surface area contributed by atoms with Gasteiger partial charge in [-0.2, -0.15) is 11.8 Å². The standard InChI is InChI=1S/C16H21NO3S3/c1-20-15(19)13(7-8-21-2)17-14(18)11-3-5-12(6-4-11)16-22-9-10-23-16/h3-6,13,16H,7-10H2,1-2H3,(H,17,18)/t13-/m0/s1. The molecule has 126 valence electrons. The predicted octanol–water partition coefficient (Wildman–Crippen LogP) is 3.19. The Kier molecular flexibility index (Phi) is 7.65. The molecule has 1 aromatic rings. The van der Waals surface area contributed by atoms with Gasteiger partial charge in [-0.25, -0.2) is 4.79 Å². The maximum atomic E-state index is 12.3. The van der Waals surface area contributed by atoms with E-state index in [4.69, 9.17) is 4.74 Å². The summed E-state index contributed by atoms with van der Waals surface area (Å²) in [6.45, 7) is 0. The van der Waals surface area contributed by atoms with Crippen LogP contribution >= 0.6 is 35.3 Å². The van der Waals surface area contributed by atoms with Crippen LogP contribution in [0.25, 0.3) is 0 Å². The Morgan fingerprint density at radius 1 is 1.30 bits per heavy atom. The van der Waals surface area contributed by atoms with Gasteiger partial charge in [0.15, 0.2) is 0 Å². The number of hydrogen-bond acceptors (Lipinski definition) is 6. The van der Waals surface area contributed by atoms with Crippen LogP contribution in [0.2, 0.25) is 0 Å². The van der Waals surface area contributed by atoms with Crippen molar-refractivity contribution in [3.8, 4) is 0 Å².